The molecule has 1 aliphatic rings. The van der Waals surface area contributed by atoms with Crippen LogP contribution in [0.3, 0.4) is 0 Å². The first-order valence-corrected chi connectivity index (χ1v) is 8.25. The summed E-state index contributed by atoms with van der Waals surface area (Å²) in [7, 11) is 2.21. The number of nitrogens with one attached hydrogen (secondary N) is 2. The van der Waals surface area contributed by atoms with E-state index in [2.05, 4.69) is 46.4 Å². The van der Waals surface area contributed by atoms with Crippen LogP contribution in [-0.2, 0) is 6.42 Å². The number of likely N-dealkylation sites (tertiary alicyclic amines) is 1. The van der Waals surface area contributed by atoms with Crippen LogP contribution >= 0.6 is 0 Å². The number of piperidine rings is 1. The highest BCUT2D eigenvalue weighted by Crippen LogP contribution is 2.17. The van der Waals surface area contributed by atoms with E-state index in [0.29, 0.717) is 0 Å². The van der Waals surface area contributed by atoms with Crippen LogP contribution in [0.1, 0.15) is 38.9 Å². The normalized spacial score (nSPS) is 19.5. The lowest BCUT2D eigenvalue weighted by Crippen LogP contribution is -2.35. The number of anilines is 2. The number of aromatic nitrogens is 2. The predicted molar refractivity (Wildman–Crippen MR) is 88.9 cm³/mol. The Morgan fingerprint density at radius 3 is 2.67 bits per heavy atom. The van der Waals surface area contributed by atoms with Crippen molar-refractivity contribution in [3.8, 4) is 0 Å². The van der Waals surface area contributed by atoms with Crippen LogP contribution in [0.5, 0.6) is 0 Å². The van der Waals surface area contributed by atoms with Crippen molar-refractivity contribution < 1.29 is 0 Å². The molecular formula is C16H29N5. The first-order valence-electron chi connectivity index (χ1n) is 8.25. The molecule has 1 aromatic rings. The van der Waals surface area contributed by atoms with Gasteiger partial charge in [0.15, 0.2) is 0 Å². The minimum atomic E-state index is 0.718. The predicted octanol–water partition coefficient (Wildman–Crippen LogP) is 2.61. The Labute approximate surface area is 128 Å². The number of hydrogen-bond acceptors (Lipinski definition) is 5. The summed E-state index contributed by atoms with van der Waals surface area (Å²) in [6.07, 6.45) is 4.61. The van der Waals surface area contributed by atoms with Gasteiger partial charge >= 0.3 is 0 Å². The van der Waals surface area contributed by atoms with E-state index in [1.807, 2.05) is 6.07 Å². The van der Waals surface area contributed by atoms with Crippen molar-refractivity contribution in [3.63, 3.8) is 0 Å². The molecule has 0 aliphatic carbocycles. The molecule has 0 aromatic carbocycles. The molecule has 0 bridgehead atoms. The van der Waals surface area contributed by atoms with Crippen molar-refractivity contribution in [1.29, 1.82) is 0 Å². The zero-order valence-electron chi connectivity index (χ0n) is 13.7. The fourth-order valence-corrected chi connectivity index (χ4v) is 2.88. The van der Waals surface area contributed by atoms with Crippen LogP contribution in [0.2, 0.25) is 0 Å². The highest BCUT2D eigenvalue weighted by molar-refractivity contribution is 5.47. The van der Waals surface area contributed by atoms with E-state index in [4.69, 9.17) is 0 Å². The fraction of sp³-hybridized carbons (Fsp3) is 0.750. The first-order chi connectivity index (χ1) is 10.2. The van der Waals surface area contributed by atoms with Gasteiger partial charge in [0.1, 0.15) is 17.5 Å². The minimum Gasteiger partial charge on any atom is -0.370 e. The summed E-state index contributed by atoms with van der Waals surface area (Å²) in [6.45, 7) is 8.55. The van der Waals surface area contributed by atoms with Crippen LogP contribution in [0.25, 0.3) is 0 Å². The lowest BCUT2D eigenvalue weighted by Gasteiger charge is -2.29. The molecule has 0 spiro atoms. The third kappa shape index (κ3) is 5.16. The fourth-order valence-electron chi connectivity index (χ4n) is 2.88. The van der Waals surface area contributed by atoms with Crippen molar-refractivity contribution in [2.45, 2.75) is 39.5 Å². The quantitative estimate of drug-likeness (QED) is 0.809. The standard InChI is InChI=1S/C16H29N5/c1-4-7-14-19-15(17-5-2)10-16(20-14)18-11-13-8-6-9-21(3)12-13/h10,13H,4-9,11-12H2,1-3H3,(H2,17,18,19,20). The highest BCUT2D eigenvalue weighted by atomic mass is 15.1. The molecule has 21 heavy (non-hydrogen) atoms. The zero-order valence-corrected chi connectivity index (χ0v) is 13.7. The van der Waals surface area contributed by atoms with E-state index in [1.165, 1.54) is 25.9 Å². The third-order valence-electron chi connectivity index (χ3n) is 3.90. The molecule has 5 heteroatoms. The van der Waals surface area contributed by atoms with Gasteiger partial charge in [0.05, 0.1) is 0 Å². The molecule has 2 N–H and O–H groups in total. The molecular weight excluding hydrogens is 262 g/mol. The molecule has 1 saturated heterocycles. The summed E-state index contributed by atoms with van der Waals surface area (Å²) < 4.78 is 0. The van der Waals surface area contributed by atoms with Gasteiger partial charge in [-0.15, -0.1) is 0 Å². The number of hydrogen-bond donors (Lipinski definition) is 2. The van der Waals surface area contributed by atoms with Gasteiger partial charge < -0.3 is 15.5 Å². The van der Waals surface area contributed by atoms with E-state index in [1.54, 1.807) is 0 Å². The molecule has 1 fully saturated rings. The van der Waals surface area contributed by atoms with Gasteiger partial charge in [-0.05, 0) is 45.7 Å². The summed E-state index contributed by atoms with van der Waals surface area (Å²) in [5.74, 6) is 3.53. The van der Waals surface area contributed by atoms with Crippen LogP contribution in [0, 0.1) is 5.92 Å². The Hall–Kier alpha value is -1.36. The molecule has 1 atom stereocenters. The summed E-state index contributed by atoms with van der Waals surface area (Å²) in [5.41, 5.74) is 0. The van der Waals surface area contributed by atoms with Crippen molar-refractivity contribution in [1.82, 2.24) is 14.9 Å². The molecule has 2 heterocycles. The number of aryl methyl sites for hydroxylation is 1. The van der Waals surface area contributed by atoms with Crippen molar-refractivity contribution in [2.24, 2.45) is 5.92 Å². The van der Waals surface area contributed by atoms with E-state index >= 15 is 0 Å². The van der Waals surface area contributed by atoms with Crippen molar-refractivity contribution in [3.05, 3.63) is 11.9 Å². The number of rotatable bonds is 7. The smallest absolute Gasteiger partial charge is 0.133 e. The van der Waals surface area contributed by atoms with E-state index in [-0.39, 0.29) is 0 Å². The second-order valence-electron chi connectivity index (χ2n) is 5.99. The van der Waals surface area contributed by atoms with Crippen LogP contribution < -0.4 is 10.6 Å². The maximum Gasteiger partial charge on any atom is 0.133 e. The van der Waals surface area contributed by atoms with Crippen molar-refractivity contribution >= 4 is 11.6 Å². The SMILES string of the molecule is CCCc1nc(NCC)cc(NCC2CCCN(C)C2)n1. The maximum absolute atomic E-state index is 4.63. The Kier molecular flexibility index (Phi) is 6.23. The summed E-state index contributed by atoms with van der Waals surface area (Å²) in [6, 6.07) is 2.02. The Morgan fingerprint density at radius 1 is 1.24 bits per heavy atom. The van der Waals surface area contributed by atoms with Gasteiger partial charge in [-0.2, -0.15) is 0 Å². The third-order valence-corrected chi connectivity index (χ3v) is 3.90. The first kappa shape index (κ1) is 16.0. The zero-order chi connectivity index (χ0) is 15.1. The van der Waals surface area contributed by atoms with Gasteiger partial charge in [-0.3, -0.25) is 0 Å². The van der Waals surface area contributed by atoms with Gasteiger partial charge in [0.2, 0.25) is 0 Å². The van der Waals surface area contributed by atoms with Crippen LogP contribution in [-0.4, -0.2) is 48.1 Å². The topological polar surface area (TPSA) is 53.1 Å². The lowest BCUT2D eigenvalue weighted by molar-refractivity contribution is 0.217. The van der Waals surface area contributed by atoms with Gasteiger partial charge in [0, 0.05) is 32.1 Å². The van der Waals surface area contributed by atoms with E-state index < -0.39 is 0 Å². The molecule has 0 amide bonds. The second kappa shape index (κ2) is 8.17. The average molecular weight is 291 g/mol. The molecule has 2 rings (SSSR count). The second-order valence-corrected chi connectivity index (χ2v) is 5.99. The molecule has 1 aromatic heterocycles. The van der Waals surface area contributed by atoms with E-state index in [0.717, 1.165) is 49.3 Å². The van der Waals surface area contributed by atoms with Crippen molar-refractivity contribution in [2.75, 3.05) is 43.9 Å². The Bertz CT molecular complexity index is 410. The van der Waals surface area contributed by atoms with Gasteiger partial charge in [0.25, 0.3) is 0 Å². The van der Waals surface area contributed by atoms with Gasteiger partial charge in [-0.25, -0.2) is 9.97 Å². The minimum absolute atomic E-state index is 0.718. The monoisotopic (exact) mass is 291 g/mol. The number of nitrogens with zero attached hydrogens (tertiary/aromatic N) is 3. The average Bonchev–Trinajstić information content (AvgIpc) is 2.46. The Balaban J connectivity index is 1.97. The lowest BCUT2D eigenvalue weighted by atomic mass is 9.98. The molecule has 0 saturated carbocycles. The summed E-state index contributed by atoms with van der Waals surface area (Å²) in [4.78, 5) is 11.6. The van der Waals surface area contributed by atoms with Crippen LogP contribution in [0.4, 0.5) is 11.6 Å². The van der Waals surface area contributed by atoms with Crippen LogP contribution in [0.15, 0.2) is 6.07 Å². The molecule has 118 valence electrons. The van der Waals surface area contributed by atoms with Gasteiger partial charge in [-0.1, -0.05) is 6.92 Å². The molecule has 0 radical (unpaired) electrons. The Morgan fingerprint density at radius 2 is 2.00 bits per heavy atom. The summed E-state index contributed by atoms with van der Waals surface area (Å²) in [5, 5.41) is 6.81. The molecule has 1 unspecified atom stereocenters. The molecule has 5 nitrogen and oxygen atoms in total. The highest BCUT2D eigenvalue weighted by Gasteiger charge is 2.17. The largest absolute Gasteiger partial charge is 0.370 e. The maximum atomic E-state index is 4.63. The molecule has 1 aliphatic heterocycles. The summed E-state index contributed by atoms with van der Waals surface area (Å²) >= 11 is 0. The van der Waals surface area contributed by atoms with E-state index in [9.17, 15) is 0 Å².